The molecule has 3 rings (SSSR count). The highest BCUT2D eigenvalue weighted by molar-refractivity contribution is 9.10. The molecule has 3 aromatic rings. The first kappa shape index (κ1) is 18.1. The van der Waals surface area contributed by atoms with Gasteiger partial charge in [0, 0.05) is 35.1 Å². The zero-order chi connectivity index (χ0) is 18.7. The minimum Gasteiger partial charge on any atom is -0.355 e. The number of nitrogens with one attached hydrogen (secondary N) is 1. The summed E-state index contributed by atoms with van der Waals surface area (Å²) in [5.74, 6) is -0.177. The molecule has 1 N–H and O–H groups in total. The molecule has 0 aliphatic rings. The number of aromatic nitrogens is 1. The summed E-state index contributed by atoms with van der Waals surface area (Å²) in [6.45, 7) is 0.321. The number of benzene rings is 2. The smallest absolute Gasteiger partial charge is 0.258 e. The second-order valence-electron chi connectivity index (χ2n) is 5.93. The highest BCUT2D eigenvalue weighted by Gasteiger charge is 2.11. The van der Waals surface area contributed by atoms with Gasteiger partial charge < -0.3 is 14.7 Å². The van der Waals surface area contributed by atoms with E-state index in [1.165, 1.54) is 0 Å². The Kier molecular flexibility index (Phi) is 5.32. The average Bonchev–Trinajstić information content (AvgIpc) is 2.65. The van der Waals surface area contributed by atoms with Crippen molar-refractivity contribution in [3.8, 4) is 0 Å². The van der Waals surface area contributed by atoms with Crippen LogP contribution in [0.2, 0.25) is 0 Å². The molecule has 0 fully saturated rings. The third kappa shape index (κ3) is 3.60. The van der Waals surface area contributed by atoms with Crippen molar-refractivity contribution in [1.29, 1.82) is 0 Å². The first-order valence-electron chi connectivity index (χ1n) is 8.09. The van der Waals surface area contributed by atoms with Crippen LogP contribution < -0.4 is 10.9 Å². The zero-order valence-electron chi connectivity index (χ0n) is 14.2. The molecule has 0 aliphatic carbocycles. The summed E-state index contributed by atoms with van der Waals surface area (Å²) in [5.41, 5.74) is 2.03. The first-order valence-corrected chi connectivity index (χ1v) is 8.89. The highest BCUT2D eigenvalue weighted by atomic mass is 79.9. The molecule has 6 heteroatoms. The topological polar surface area (TPSA) is 68.2 Å². The Hall–Kier alpha value is -2.73. The lowest BCUT2D eigenvalue weighted by atomic mass is 10.0. The third-order valence-corrected chi connectivity index (χ3v) is 4.70. The maximum absolute atomic E-state index is 12.9. The number of pyridine rings is 1. The van der Waals surface area contributed by atoms with Gasteiger partial charge in [-0.3, -0.25) is 9.59 Å². The van der Waals surface area contributed by atoms with Gasteiger partial charge in [0.1, 0.15) is 6.29 Å². The summed E-state index contributed by atoms with van der Waals surface area (Å²) in [6.07, 6.45) is 2.78. The van der Waals surface area contributed by atoms with Crippen molar-refractivity contribution in [3.05, 3.63) is 80.2 Å². The number of nitrogens with zero attached hydrogens (tertiary/aromatic N) is 1. The minimum atomic E-state index is -0.177. The van der Waals surface area contributed by atoms with E-state index in [2.05, 4.69) is 21.2 Å². The predicted octanol–water partition coefficient (Wildman–Crippen LogP) is 2.91. The van der Waals surface area contributed by atoms with Gasteiger partial charge in [-0.1, -0.05) is 28.1 Å². The summed E-state index contributed by atoms with van der Waals surface area (Å²) in [4.78, 5) is 35.7. The third-order valence-electron chi connectivity index (χ3n) is 4.20. The molecule has 0 saturated heterocycles. The van der Waals surface area contributed by atoms with Gasteiger partial charge in [-0.05, 0) is 46.8 Å². The first-order chi connectivity index (χ1) is 12.5. The van der Waals surface area contributed by atoms with Crippen LogP contribution in [0.15, 0.2) is 57.9 Å². The van der Waals surface area contributed by atoms with E-state index in [1.54, 1.807) is 42.1 Å². The number of carbonyl (C=O) groups excluding carboxylic acids is 2. The molecule has 1 heterocycles. The quantitative estimate of drug-likeness (QED) is 0.655. The van der Waals surface area contributed by atoms with Crippen molar-refractivity contribution in [2.45, 2.75) is 13.0 Å². The Morgan fingerprint density at radius 2 is 2.00 bits per heavy atom. The molecule has 1 aromatic heterocycles. The number of hydrogen-bond donors (Lipinski definition) is 1. The Morgan fingerprint density at radius 3 is 2.73 bits per heavy atom. The van der Waals surface area contributed by atoms with E-state index >= 15 is 0 Å². The van der Waals surface area contributed by atoms with Crippen LogP contribution >= 0.6 is 15.9 Å². The monoisotopic (exact) mass is 412 g/mol. The molecule has 1 amide bonds. The van der Waals surface area contributed by atoms with Gasteiger partial charge in [0.15, 0.2) is 0 Å². The summed E-state index contributed by atoms with van der Waals surface area (Å²) in [6, 6.07) is 12.6. The Morgan fingerprint density at radius 1 is 1.19 bits per heavy atom. The molecule has 5 nitrogen and oxygen atoms in total. The van der Waals surface area contributed by atoms with Crippen LogP contribution in [0.5, 0.6) is 0 Å². The number of aldehydes is 1. The van der Waals surface area contributed by atoms with Crippen molar-refractivity contribution in [2.24, 2.45) is 0 Å². The minimum absolute atomic E-state index is 0.132. The summed E-state index contributed by atoms with van der Waals surface area (Å²) in [7, 11) is 1.58. The van der Waals surface area contributed by atoms with E-state index in [-0.39, 0.29) is 17.9 Å². The number of hydrogen-bond acceptors (Lipinski definition) is 3. The fraction of sp³-hybridized carbons (Fsp3) is 0.150. The maximum Gasteiger partial charge on any atom is 0.258 e. The number of rotatable bonds is 5. The van der Waals surface area contributed by atoms with E-state index in [1.807, 2.05) is 18.2 Å². The average molecular weight is 413 g/mol. The number of halogens is 1. The van der Waals surface area contributed by atoms with Crippen molar-refractivity contribution in [1.82, 2.24) is 9.88 Å². The second-order valence-corrected chi connectivity index (χ2v) is 6.84. The summed E-state index contributed by atoms with van der Waals surface area (Å²) < 4.78 is 2.44. The van der Waals surface area contributed by atoms with Crippen molar-refractivity contribution in [3.63, 3.8) is 0 Å². The van der Waals surface area contributed by atoms with E-state index in [0.717, 1.165) is 27.3 Å². The highest BCUT2D eigenvalue weighted by Crippen LogP contribution is 2.21. The molecule has 2 aromatic carbocycles. The van der Waals surface area contributed by atoms with E-state index in [4.69, 9.17) is 0 Å². The molecule has 0 saturated carbocycles. The zero-order valence-corrected chi connectivity index (χ0v) is 15.7. The Balaban J connectivity index is 2.10. The summed E-state index contributed by atoms with van der Waals surface area (Å²) >= 11 is 3.41. The fourth-order valence-electron chi connectivity index (χ4n) is 2.96. The van der Waals surface area contributed by atoms with Crippen molar-refractivity contribution < 1.29 is 9.59 Å². The van der Waals surface area contributed by atoms with Gasteiger partial charge >= 0.3 is 0 Å². The maximum atomic E-state index is 12.9. The standard InChI is InChI=1S/C20H17BrN2O3/c1-22-19(25)14-4-2-3-13(9-14)11-23-12-15(7-8-24)18-10-16(21)5-6-17(18)20(23)26/h2-6,8-10,12H,7,11H2,1H3,(H,22,25). The molecule has 0 atom stereocenters. The second kappa shape index (κ2) is 7.66. The molecular weight excluding hydrogens is 396 g/mol. The molecular formula is C20H17BrN2O3. The van der Waals surface area contributed by atoms with Gasteiger partial charge in [-0.2, -0.15) is 0 Å². The van der Waals surface area contributed by atoms with Gasteiger partial charge in [-0.15, -0.1) is 0 Å². The lowest BCUT2D eigenvalue weighted by Crippen LogP contribution is -2.22. The lowest BCUT2D eigenvalue weighted by molar-refractivity contribution is -0.107. The van der Waals surface area contributed by atoms with Crippen LogP contribution in [0.1, 0.15) is 21.5 Å². The van der Waals surface area contributed by atoms with Gasteiger partial charge in [0.25, 0.3) is 11.5 Å². The number of amides is 1. The van der Waals surface area contributed by atoms with E-state index in [0.29, 0.717) is 17.5 Å². The molecule has 0 bridgehead atoms. The molecule has 0 radical (unpaired) electrons. The molecule has 26 heavy (non-hydrogen) atoms. The molecule has 0 spiro atoms. The van der Waals surface area contributed by atoms with Gasteiger partial charge in [0.05, 0.1) is 6.54 Å². The number of carbonyl (C=O) groups is 2. The van der Waals surface area contributed by atoms with Crippen LogP contribution in [0.25, 0.3) is 10.8 Å². The Bertz CT molecular complexity index is 1060. The van der Waals surface area contributed by atoms with Crippen LogP contribution in [-0.4, -0.2) is 23.8 Å². The van der Waals surface area contributed by atoms with Gasteiger partial charge in [0.2, 0.25) is 0 Å². The number of fused-ring (bicyclic) bond motifs is 1. The van der Waals surface area contributed by atoms with Crippen LogP contribution in [0.4, 0.5) is 0 Å². The molecule has 132 valence electrons. The van der Waals surface area contributed by atoms with Crippen molar-refractivity contribution >= 4 is 38.9 Å². The predicted molar refractivity (Wildman–Crippen MR) is 105 cm³/mol. The van der Waals surface area contributed by atoms with Crippen molar-refractivity contribution in [2.75, 3.05) is 7.05 Å². The largest absolute Gasteiger partial charge is 0.355 e. The normalized spacial score (nSPS) is 10.7. The molecule has 0 unspecified atom stereocenters. The fourth-order valence-corrected chi connectivity index (χ4v) is 3.32. The van der Waals surface area contributed by atoms with Crippen LogP contribution in [0, 0.1) is 0 Å². The van der Waals surface area contributed by atoms with Crippen LogP contribution in [-0.2, 0) is 17.8 Å². The van der Waals surface area contributed by atoms with E-state index < -0.39 is 0 Å². The Labute approximate surface area is 158 Å². The van der Waals surface area contributed by atoms with Gasteiger partial charge in [-0.25, -0.2) is 0 Å². The SMILES string of the molecule is CNC(=O)c1cccc(Cn2cc(CC=O)c3cc(Br)ccc3c2=O)c1. The van der Waals surface area contributed by atoms with Crippen LogP contribution in [0.3, 0.4) is 0 Å². The van der Waals surface area contributed by atoms with E-state index in [9.17, 15) is 14.4 Å². The summed E-state index contributed by atoms with van der Waals surface area (Å²) in [5, 5.41) is 3.92. The lowest BCUT2D eigenvalue weighted by Gasteiger charge is -2.12. The molecule has 0 aliphatic heterocycles.